The molecule has 1 unspecified atom stereocenters. The Morgan fingerprint density at radius 1 is 1.17 bits per heavy atom. The summed E-state index contributed by atoms with van der Waals surface area (Å²) < 4.78 is 0. The molecule has 0 aliphatic carbocycles. The molecule has 2 amide bonds. The molecule has 0 aromatic carbocycles. The van der Waals surface area contributed by atoms with Crippen LogP contribution in [0.2, 0.25) is 0 Å². The van der Waals surface area contributed by atoms with Crippen LogP contribution < -0.4 is 10.6 Å². The Hall–Kier alpha value is -1.62. The van der Waals surface area contributed by atoms with Gasteiger partial charge in [-0.1, -0.05) is 32.8 Å². The molecule has 1 aromatic heterocycles. The minimum absolute atomic E-state index is 0.115. The minimum atomic E-state index is -0.115. The predicted molar refractivity (Wildman–Crippen MR) is 93.1 cm³/mol. The van der Waals surface area contributed by atoms with Gasteiger partial charge in [0.1, 0.15) is 0 Å². The second-order valence-corrected chi connectivity index (χ2v) is 6.65. The van der Waals surface area contributed by atoms with E-state index in [9.17, 15) is 4.79 Å². The third kappa shape index (κ3) is 6.18. The lowest BCUT2D eigenvalue weighted by atomic mass is 10.0. The summed E-state index contributed by atoms with van der Waals surface area (Å²) in [6, 6.07) is 6.01. The minimum Gasteiger partial charge on any atom is -0.337 e. The van der Waals surface area contributed by atoms with Crippen molar-refractivity contribution in [1.29, 1.82) is 0 Å². The number of nitrogens with one attached hydrogen (secondary N) is 2. The summed E-state index contributed by atoms with van der Waals surface area (Å²) in [5.74, 6) is 0.532. The topological polar surface area (TPSA) is 57.3 Å². The molecule has 1 fully saturated rings. The van der Waals surface area contributed by atoms with Gasteiger partial charge in [-0.3, -0.25) is 9.88 Å². The van der Waals surface area contributed by atoms with Crippen LogP contribution in [0.3, 0.4) is 0 Å². The van der Waals surface area contributed by atoms with Crippen molar-refractivity contribution in [3.63, 3.8) is 0 Å². The van der Waals surface area contributed by atoms with Gasteiger partial charge in [-0.05, 0) is 44.0 Å². The highest BCUT2D eigenvalue weighted by atomic mass is 16.2. The molecule has 0 saturated carbocycles. The smallest absolute Gasteiger partial charge is 0.315 e. The van der Waals surface area contributed by atoms with Crippen LogP contribution in [0.4, 0.5) is 4.79 Å². The van der Waals surface area contributed by atoms with E-state index in [1.165, 1.54) is 25.7 Å². The van der Waals surface area contributed by atoms with Crippen LogP contribution in [-0.4, -0.2) is 41.6 Å². The van der Waals surface area contributed by atoms with Crippen molar-refractivity contribution in [2.24, 2.45) is 5.92 Å². The number of pyridine rings is 1. The molecule has 0 radical (unpaired) electrons. The van der Waals surface area contributed by atoms with Gasteiger partial charge in [0.2, 0.25) is 0 Å². The number of hydrogen-bond donors (Lipinski definition) is 2. The molecule has 2 rings (SSSR count). The lowest BCUT2D eigenvalue weighted by molar-refractivity contribution is 0.157. The second-order valence-electron chi connectivity index (χ2n) is 6.65. The van der Waals surface area contributed by atoms with Crippen LogP contribution in [0.5, 0.6) is 0 Å². The van der Waals surface area contributed by atoms with E-state index in [1.807, 2.05) is 18.2 Å². The molecule has 1 aromatic rings. The van der Waals surface area contributed by atoms with E-state index in [-0.39, 0.29) is 6.03 Å². The highest BCUT2D eigenvalue weighted by Crippen LogP contribution is 2.17. The maximum atomic E-state index is 12.0. The summed E-state index contributed by atoms with van der Waals surface area (Å²) >= 11 is 0. The Morgan fingerprint density at radius 3 is 2.52 bits per heavy atom. The van der Waals surface area contributed by atoms with Crippen molar-refractivity contribution in [2.75, 3.05) is 19.6 Å². The predicted octanol–water partition coefficient (Wildman–Crippen LogP) is 2.78. The summed E-state index contributed by atoms with van der Waals surface area (Å²) in [4.78, 5) is 18.8. The Kier molecular flexibility index (Phi) is 7.33. The van der Waals surface area contributed by atoms with Gasteiger partial charge >= 0.3 is 6.03 Å². The number of carbonyl (C=O) groups excluding carboxylic acids is 1. The molecule has 1 aliphatic rings. The summed E-state index contributed by atoms with van der Waals surface area (Å²) in [6.45, 7) is 7.95. The Bertz CT molecular complexity index is 455. The highest BCUT2D eigenvalue weighted by Gasteiger charge is 2.23. The van der Waals surface area contributed by atoms with E-state index in [4.69, 9.17) is 0 Å². The van der Waals surface area contributed by atoms with Gasteiger partial charge in [-0.25, -0.2) is 4.79 Å². The quantitative estimate of drug-likeness (QED) is 0.848. The number of aromatic nitrogens is 1. The summed E-state index contributed by atoms with van der Waals surface area (Å²) in [5, 5.41) is 5.91. The monoisotopic (exact) mass is 318 g/mol. The van der Waals surface area contributed by atoms with Crippen molar-refractivity contribution >= 4 is 6.03 Å². The van der Waals surface area contributed by atoms with E-state index in [1.54, 1.807) is 6.20 Å². The van der Waals surface area contributed by atoms with E-state index in [0.717, 1.165) is 18.8 Å². The lowest BCUT2D eigenvalue weighted by Gasteiger charge is -2.33. The number of amides is 2. The first-order chi connectivity index (χ1) is 11.2. The van der Waals surface area contributed by atoms with Gasteiger partial charge in [0.05, 0.1) is 12.2 Å². The molecule has 128 valence electrons. The number of urea groups is 1. The molecule has 5 nitrogen and oxygen atoms in total. The first-order valence-electron chi connectivity index (χ1n) is 8.82. The average Bonchev–Trinajstić information content (AvgIpc) is 2.83. The zero-order valence-corrected chi connectivity index (χ0v) is 14.4. The molecular formula is C18H30N4O. The fourth-order valence-electron chi connectivity index (χ4n) is 3.15. The molecular weight excluding hydrogens is 288 g/mol. The van der Waals surface area contributed by atoms with Gasteiger partial charge in [0.25, 0.3) is 0 Å². The van der Waals surface area contributed by atoms with Crippen molar-refractivity contribution in [3.8, 4) is 0 Å². The standard InChI is InChI=1S/C18H30N4O/c1-15(2)17(22-11-7-3-4-8-12-22)14-21-18(23)20-13-16-9-5-6-10-19-16/h5-6,9-10,15,17H,3-4,7-8,11-14H2,1-2H3,(H2,20,21,23). The normalized spacial score (nSPS) is 17.5. The number of hydrogen-bond acceptors (Lipinski definition) is 3. The van der Waals surface area contributed by atoms with Crippen molar-refractivity contribution in [1.82, 2.24) is 20.5 Å². The van der Waals surface area contributed by atoms with E-state index in [0.29, 0.717) is 25.0 Å². The maximum Gasteiger partial charge on any atom is 0.315 e. The Balaban J connectivity index is 1.77. The molecule has 1 saturated heterocycles. The van der Waals surface area contributed by atoms with Crippen molar-refractivity contribution < 1.29 is 4.79 Å². The molecule has 1 atom stereocenters. The van der Waals surface area contributed by atoms with Crippen molar-refractivity contribution in [2.45, 2.75) is 52.1 Å². The summed E-state index contributed by atoms with van der Waals surface area (Å²) in [5.41, 5.74) is 0.871. The number of rotatable bonds is 6. The number of carbonyl (C=O) groups is 1. The van der Waals surface area contributed by atoms with E-state index >= 15 is 0 Å². The SMILES string of the molecule is CC(C)C(CNC(=O)NCc1ccccn1)N1CCCCCC1. The molecule has 2 N–H and O–H groups in total. The van der Waals surface area contributed by atoms with Crippen LogP contribution in [0, 0.1) is 5.92 Å². The van der Waals surface area contributed by atoms with Gasteiger partial charge in [0.15, 0.2) is 0 Å². The third-order valence-electron chi connectivity index (χ3n) is 4.51. The molecule has 23 heavy (non-hydrogen) atoms. The van der Waals surface area contributed by atoms with Gasteiger partial charge in [0, 0.05) is 18.8 Å². The first kappa shape index (κ1) is 17.7. The van der Waals surface area contributed by atoms with Crippen LogP contribution >= 0.6 is 0 Å². The first-order valence-corrected chi connectivity index (χ1v) is 8.82. The maximum absolute atomic E-state index is 12.0. The highest BCUT2D eigenvalue weighted by molar-refractivity contribution is 5.73. The average molecular weight is 318 g/mol. The van der Waals surface area contributed by atoms with Crippen LogP contribution in [0.25, 0.3) is 0 Å². The fraction of sp³-hybridized carbons (Fsp3) is 0.667. The zero-order valence-electron chi connectivity index (χ0n) is 14.4. The third-order valence-corrected chi connectivity index (χ3v) is 4.51. The zero-order chi connectivity index (χ0) is 16.5. The largest absolute Gasteiger partial charge is 0.337 e. The summed E-state index contributed by atoms with van der Waals surface area (Å²) in [6.07, 6.45) is 6.95. The van der Waals surface area contributed by atoms with Gasteiger partial charge in [-0.2, -0.15) is 0 Å². The van der Waals surface area contributed by atoms with Crippen LogP contribution in [0.1, 0.15) is 45.2 Å². The molecule has 5 heteroatoms. The van der Waals surface area contributed by atoms with Crippen LogP contribution in [-0.2, 0) is 6.54 Å². The molecule has 0 bridgehead atoms. The Morgan fingerprint density at radius 2 is 1.91 bits per heavy atom. The Labute approximate surface area is 139 Å². The lowest BCUT2D eigenvalue weighted by Crippen LogP contribution is -2.49. The summed E-state index contributed by atoms with van der Waals surface area (Å²) in [7, 11) is 0. The van der Waals surface area contributed by atoms with E-state index < -0.39 is 0 Å². The number of likely N-dealkylation sites (tertiary alicyclic amines) is 1. The van der Waals surface area contributed by atoms with E-state index in [2.05, 4.69) is 34.4 Å². The van der Waals surface area contributed by atoms with Crippen molar-refractivity contribution in [3.05, 3.63) is 30.1 Å². The fourth-order valence-corrected chi connectivity index (χ4v) is 3.15. The molecule has 1 aliphatic heterocycles. The second kappa shape index (κ2) is 9.50. The van der Waals surface area contributed by atoms with Gasteiger partial charge < -0.3 is 10.6 Å². The van der Waals surface area contributed by atoms with Crippen LogP contribution in [0.15, 0.2) is 24.4 Å². The molecule has 0 spiro atoms. The van der Waals surface area contributed by atoms with Gasteiger partial charge in [-0.15, -0.1) is 0 Å². The molecule has 2 heterocycles. The number of nitrogens with zero attached hydrogens (tertiary/aromatic N) is 2.